The lowest BCUT2D eigenvalue weighted by atomic mass is 9.77. The van der Waals surface area contributed by atoms with Crippen LogP contribution in [0.25, 0.3) is 0 Å². The second-order valence-corrected chi connectivity index (χ2v) is 5.41. The van der Waals surface area contributed by atoms with Crippen LogP contribution in [-0.2, 0) is 4.79 Å². The maximum Gasteiger partial charge on any atom is 0.237 e. The number of rotatable bonds is 4. The molecule has 0 aliphatic carbocycles. The molecule has 1 rings (SSSR count). The summed E-state index contributed by atoms with van der Waals surface area (Å²) < 4.78 is 0. The molecule has 0 aromatic carbocycles. The van der Waals surface area contributed by atoms with E-state index in [1.54, 1.807) is 0 Å². The summed E-state index contributed by atoms with van der Waals surface area (Å²) in [6, 6.07) is 0.109. The quantitative estimate of drug-likeness (QED) is 0.716. The maximum absolute atomic E-state index is 12.1. The predicted octanol–water partition coefficient (Wildman–Crippen LogP) is 1.85. The Labute approximate surface area is 98.7 Å². The van der Waals surface area contributed by atoms with Gasteiger partial charge in [0.25, 0.3) is 0 Å². The number of piperidine rings is 1. The first kappa shape index (κ1) is 13.2. The second-order valence-electron chi connectivity index (χ2n) is 5.41. The Bertz CT molecular complexity index is 261. The normalized spacial score (nSPS) is 25.8. The standard InChI is InChI=1S/C13H24N2O/c1-5-7-10(2)15-12(16)11-13(3,4)8-6-9-14-11/h5,10-11,14H,1,6-9H2,2-4H3,(H,15,16). The van der Waals surface area contributed by atoms with Crippen molar-refractivity contribution in [1.82, 2.24) is 10.6 Å². The van der Waals surface area contributed by atoms with Gasteiger partial charge in [0.2, 0.25) is 5.91 Å². The molecule has 0 spiro atoms. The van der Waals surface area contributed by atoms with Crippen molar-refractivity contribution in [2.24, 2.45) is 5.41 Å². The van der Waals surface area contributed by atoms with E-state index in [9.17, 15) is 4.79 Å². The highest BCUT2D eigenvalue weighted by atomic mass is 16.2. The van der Waals surface area contributed by atoms with Gasteiger partial charge in [-0.2, -0.15) is 0 Å². The fourth-order valence-corrected chi connectivity index (χ4v) is 2.29. The van der Waals surface area contributed by atoms with Crippen LogP contribution in [0.3, 0.4) is 0 Å². The third-order valence-corrected chi connectivity index (χ3v) is 3.30. The third-order valence-electron chi connectivity index (χ3n) is 3.30. The molecule has 2 N–H and O–H groups in total. The Hall–Kier alpha value is -0.830. The highest BCUT2D eigenvalue weighted by molar-refractivity contribution is 5.83. The molecule has 0 bridgehead atoms. The zero-order valence-electron chi connectivity index (χ0n) is 10.7. The van der Waals surface area contributed by atoms with Gasteiger partial charge in [0.15, 0.2) is 0 Å². The Kier molecular flexibility index (Phi) is 4.54. The van der Waals surface area contributed by atoms with Crippen LogP contribution in [0.4, 0.5) is 0 Å². The second kappa shape index (κ2) is 5.48. The van der Waals surface area contributed by atoms with Crippen molar-refractivity contribution in [3.05, 3.63) is 12.7 Å². The number of carbonyl (C=O) groups is 1. The summed E-state index contributed by atoms with van der Waals surface area (Å²) in [5, 5.41) is 6.35. The third kappa shape index (κ3) is 3.34. The minimum absolute atomic E-state index is 0.0518. The van der Waals surface area contributed by atoms with Gasteiger partial charge in [0.1, 0.15) is 0 Å². The average molecular weight is 224 g/mol. The number of hydrogen-bond acceptors (Lipinski definition) is 2. The molecule has 92 valence electrons. The summed E-state index contributed by atoms with van der Waals surface area (Å²) in [7, 11) is 0. The summed E-state index contributed by atoms with van der Waals surface area (Å²) in [6.07, 6.45) is 4.91. The molecule has 0 radical (unpaired) electrons. The van der Waals surface area contributed by atoms with Gasteiger partial charge >= 0.3 is 0 Å². The molecule has 1 heterocycles. The van der Waals surface area contributed by atoms with Crippen molar-refractivity contribution < 1.29 is 4.79 Å². The zero-order valence-corrected chi connectivity index (χ0v) is 10.7. The van der Waals surface area contributed by atoms with E-state index in [2.05, 4.69) is 31.1 Å². The van der Waals surface area contributed by atoms with Crippen molar-refractivity contribution in [1.29, 1.82) is 0 Å². The number of amides is 1. The Morgan fingerprint density at radius 1 is 1.69 bits per heavy atom. The summed E-state index contributed by atoms with van der Waals surface area (Å²) in [5.41, 5.74) is 0.0518. The fourth-order valence-electron chi connectivity index (χ4n) is 2.29. The first-order valence-corrected chi connectivity index (χ1v) is 6.12. The van der Waals surface area contributed by atoms with Gasteiger partial charge in [0.05, 0.1) is 6.04 Å². The predicted molar refractivity (Wildman–Crippen MR) is 67.2 cm³/mol. The zero-order chi connectivity index (χ0) is 12.2. The van der Waals surface area contributed by atoms with Crippen LogP contribution in [0.1, 0.15) is 40.0 Å². The summed E-state index contributed by atoms with van der Waals surface area (Å²) in [4.78, 5) is 12.1. The molecule has 1 aliphatic heterocycles. The molecular weight excluding hydrogens is 200 g/mol. The fraction of sp³-hybridized carbons (Fsp3) is 0.769. The topological polar surface area (TPSA) is 41.1 Å². The van der Waals surface area contributed by atoms with Gasteiger partial charge in [-0.05, 0) is 38.1 Å². The molecule has 2 unspecified atom stereocenters. The summed E-state index contributed by atoms with van der Waals surface area (Å²) in [6.45, 7) is 10.9. The monoisotopic (exact) mass is 224 g/mol. The average Bonchev–Trinajstić information content (AvgIpc) is 2.16. The minimum Gasteiger partial charge on any atom is -0.352 e. The SMILES string of the molecule is C=CCC(C)NC(=O)C1NCCCC1(C)C. The molecule has 2 atom stereocenters. The molecule has 1 fully saturated rings. The van der Waals surface area contributed by atoms with E-state index < -0.39 is 0 Å². The molecular formula is C13H24N2O. The van der Waals surface area contributed by atoms with Crippen LogP contribution in [-0.4, -0.2) is 24.5 Å². The Balaban J connectivity index is 2.54. The van der Waals surface area contributed by atoms with Crippen LogP contribution in [0.2, 0.25) is 0 Å². The summed E-state index contributed by atoms with van der Waals surface area (Å²) in [5.74, 6) is 0.124. The summed E-state index contributed by atoms with van der Waals surface area (Å²) >= 11 is 0. The van der Waals surface area contributed by atoms with E-state index in [1.165, 1.54) is 0 Å². The maximum atomic E-state index is 12.1. The lowest BCUT2D eigenvalue weighted by Crippen LogP contribution is -2.56. The van der Waals surface area contributed by atoms with Crippen LogP contribution >= 0.6 is 0 Å². The van der Waals surface area contributed by atoms with E-state index in [1.807, 2.05) is 13.0 Å². The largest absolute Gasteiger partial charge is 0.352 e. The van der Waals surface area contributed by atoms with Crippen LogP contribution < -0.4 is 10.6 Å². The molecule has 1 saturated heterocycles. The molecule has 1 amide bonds. The smallest absolute Gasteiger partial charge is 0.237 e. The van der Waals surface area contributed by atoms with E-state index in [-0.39, 0.29) is 23.4 Å². The lowest BCUT2D eigenvalue weighted by Gasteiger charge is -2.38. The highest BCUT2D eigenvalue weighted by Gasteiger charge is 2.37. The van der Waals surface area contributed by atoms with Gasteiger partial charge in [0, 0.05) is 6.04 Å². The van der Waals surface area contributed by atoms with Crippen molar-refractivity contribution >= 4 is 5.91 Å². The van der Waals surface area contributed by atoms with E-state index in [0.29, 0.717) is 0 Å². The first-order chi connectivity index (χ1) is 7.47. The Morgan fingerprint density at radius 2 is 2.38 bits per heavy atom. The van der Waals surface area contributed by atoms with E-state index in [4.69, 9.17) is 0 Å². The molecule has 3 heteroatoms. The number of nitrogens with one attached hydrogen (secondary N) is 2. The minimum atomic E-state index is -0.0616. The lowest BCUT2D eigenvalue weighted by molar-refractivity contribution is -0.127. The van der Waals surface area contributed by atoms with Crippen LogP contribution in [0.15, 0.2) is 12.7 Å². The van der Waals surface area contributed by atoms with Crippen molar-refractivity contribution in [3.63, 3.8) is 0 Å². The van der Waals surface area contributed by atoms with Gasteiger partial charge < -0.3 is 10.6 Å². The van der Waals surface area contributed by atoms with Crippen LogP contribution in [0, 0.1) is 5.41 Å². The van der Waals surface area contributed by atoms with E-state index >= 15 is 0 Å². The van der Waals surface area contributed by atoms with Crippen LogP contribution in [0.5, 0.6) is 0 Å². The molecule has 0 aromatic heterocycles. The highest BCUT2D eigenvalue weighted by Crippen LogP contribution is 2.30. The van der Waals surface area contributed by atoms with Gasteiger partial charge in [-0.3, -0.25) is 4.79 Å². The first-order valence-electron chi connectivity index (χ1n) is 6.12. The Morgan fingerprint density at radius 3 is 2.94 bits per heavy atom. The molecule has 3 nitrogen and oxygen atoms in total. The van der Waals surface area contributed by atoms with Crippen molar-refractivity contribution in [2.75, 3.05) is 6.54 Å². The number of hydrogen-bond donors (Lipinski definition) is 2. The number of carbonyl (C=O) groups excluding carboxylic acids is 1. The molecule has 0 saturated carbocycles. The van der Waals surface area contributed by atoms with Crippen molar-refractivity contribution in [2.45, 2.75) is 52.1 Å². The molecule has 16 heavy (non-hydrogen) atoms. The van der Waals surface area contributed by atoms with Gasteiger partial charge in [-0.15, -0.1) is 6.58 Å². The van der Waals surface area contributed by atoms with Gasteiger partial charge in [-0.1, -0.05) is 19.9 Å². The molecule has 1 aliphatic rings. The molecule has 0 aromatic rings. The van der Waals surface area contributed by atoms with Crippen molar-refractivity contribution in [3.8, 4) is 0 Å². The van der Waals surface area contributed by atoms with Gasteiger partial charge in [-0.25, -0.2) is 0 Å². The van der Waals surface area contributed by atoms with E-state index in [0.717, 1.165) is 25.8 Å².